The summed E-state index contributed by atoms with van der Waals surface area (Å²) in [4.78, 5) is 16.8. The standard InChI is InChI=1S/C18H16N2O/c1-13(14-7-3-2-4-8-14)20-18(21)16-11-5-9-15-10-6-12-19-17(15)16/h2-13H,1H3,(H,20,21)/t13-/m1/s1. The van der Waals surface area contributed by atoms with Crippen molar-refractivity contribution in [3.63, 3.8) is 0 Å². The SMILES string of the molecule is C[C@@H](NC(=O)c1cccc2cccnc12)c1ccccc1. The van der Waals surface area contributed by atoms with Crippen molar-refractivity contribution in [2.75, 3.05) is 0 Å². The highest BCUT2D eigenvalue weighted by atomic mass is 16.1. The van der Waals surface area contributed by atoms with Crippen LogP contribution in [0.25, 0.3) is 10.9 Å². The maximum atomic E-state index is 12.5. The number of benzene rings is 2. The average molecular weight is 276 g/mol. The summed E-state index contributed by atoms with van der Waals surface area (Å²) in [6.45, 7) is 1.98. The molecule has 3 nitrogen and oxygen atoms in total. The van der Waals surface area contributed by atoms with Gasteiger partial charge in [0.05, 0.1) is 17.1 Å². The lowest BCUT2D eigenvalue weighted by molar-refractivity contribution is 0.0941. The number of amides is 1. The third-order valence-corrected chi connectivity index (χ3v) is 3.52. The molecule has 0 saturated carbocycles. The van der Waals surface area contributed by atoms with Gasteiger partial charge in [0.25, 0.3) is 5.91 Å². The summed E-state index contributed by atoms with van der Waals surface area (Å²) >= 11 is 0. The molecule has 0 fully saturated rings. The first-order valence-electron chi connectivity index (χ1n) is 6.95. The van der Waals surface area contributed by atoms with Crippen LogP contribution in [0.5, 0.6) is 0 Å². The van der Waals surface area contributed by atoms with E-state index in [4.69, 9.17) is 0 Å². The minimum Gasteiger partial charge on any atom is -0.345 e. The van der Waals surface area contributed by atoms with E-state index in [-0.39, 0.29) is 11.9 Å². The van der Waals surface area contributed by atoms with E-state index in [2.05, 4.69) is 10.3 Å². The molecule has 3 rings (SSSR count). The molecule has 1 heterocycles. The van der Waals surface area contributed by atoms with E-state index in [9.17, 15) is 4.79 Å². The van der Waals surface area contributed by atoms with Gasteiger partial charge >= 0.3 is 0 Å². The van der Waals surface area contributed by atoms with Gasteiger partial charge in [-0.3, -0.25) is 9.78 Å². The molecular formula is C18H16N2O. The Morgan fingerprint density at radius 3 is 2.57 bits per heavy atom. The Balaban J connectivity index is 1.88. The summed E-state index contributed by atoms with van der Waals surface area (Å²) in [5, 5.41) is 4.00. The number of rotatable bonds is 3. The van der Waals surface area contributed by atoms with Gasteiger partial charge < -0.3 is 5.32 Å². The Kier molecular flexibility index (Phi) is 3.65. The Labute approximate surface area is 123 Å². The minimum absolute atomic E-state index is 0.0438. The molecule has 104 valence electrons. The van der Waals surface area contributed by atoms with Crippen LogP contribution in [0.2, 0.25) is 0 Å². The van der Waals surface area contributed by atoms with Crippen LogP contribution in [0.1, 0.15) is 28.9 Å². The van der Waals surface area contributed by atoms with Crippen LogP contribution in [0.3, 0.4) is 0 Å². The van der Waals surface area contributed by atoms with Crippen molar-refractivity contribution in [2.24, 2.45) is 0 Å². The highest BCUT2D eigenvalue weighted by Gasteiger charge is 2.14. The van der Waals surface area contributed by atoms with Crippen LogP contribution < -0.4 is 5.32 Å². The molecule has 1 amide bonds. The predicted molar refractivity (Wildman–Crippen MR) is 84.1 cm³/mol. The summed E-state index contributed by atoms with van der Waals surface area (Å²) in [6, 6.07) is 19.3. The highest BCUT2D eigenvalue weighted by molar-refractivity contribution is 6.05. The topological polar surface area (TPSA) is 42.0 Å². The second-order valence-electron chi connectivity index (χ2n) is 4.99. The molecule has 0 aliphatic carbocycles. The van der Waals surface area contributed by atoms with Crippen LogP contribution in [0.4, 0.5) is 0 Å². The lowest BCUT2D eigenvalue weighted by Crippen LogP contribution is -2.26. The number of fused-ring (bicyclic) bond motifs is 1. The molecule has 0 bridgehead atoms. The van der Waals surface area contributed by atoms with Crippen LogP contribution in [-0.4, -0.2) is 10.9 Å². The molecule has 1 N–H and O–H groups in total. The number of hydrogen-bond acceptors (Lipinski definition) is 2. The zero-order valence-corrected chi connectivity index (χ0v) is 11.8. The van der Waals surface area contributed by atoms with Gasteiger partial charge in [0.2, 0.25) is 0 Å². The average Bonchev–Trinajstić information content (AvgIpc) is 2.55. The highest BCUT2D eigenvalue weighted by Crippen LogP contribution is 2.18. The van der Waals surface area contributed by atoms with Crippen molar-refractivity contribution in [3.8, 4) is 0 Å². The molecule has 3 heteroatoms. The lowest BCUT2D eigenvalue weighted by atomic mass is 10.1. The second-order valence-corrected chi connectivity index (χ2v) is 4.99. The van der Waals surface area contributed by atoms with Gasteiger partial charge in [-0.05, 0) is 24.6 Å². The first kappa shape index (κ1) is 13.3. The molecule has 1 aromatic heterocycles. The first-order chi connectivity index (χ1) is 10.3. The monoisotopic (exact) mass is 276 g/mol. The summed E-state index contributed by atoms with van der Waals surface area (Å²) in [5.74, 6) is -0.101. The zero-order chi connectivity index (χ0) is 14.7. The molecule has 0 spiro atoms. The molecular weight excluding hydrogens is 260 g/mol. The third kappa shape index (κ3) is 2.77. The number of nitrogens with zero attached hydrogens (tertiary/aromatic N) is 1. The molecule has 21 heavy (non-hydrogen) atoms. The van der Waals surface area contributed by atoms with Gasteiger partial charge in [-0.15, -0.1) is 0 Å². The summed E-state index contributed by atoms with van der Waals surface area (Å²) in [7, 11) is 0. The van der Waals surface area contributed by atoms with Crippen LogP contribution in [0, 0.1) is 0 Å². The van der Waals surface area contributed by atoms with Gasteiger partial charge in [-0.1, -0.05) is 48.5 Å². The van der Waals surface area contributed by atoms with Crippen molar-refractivity contribution in [1.29, 1.82) is 0 Å². The van der Waals surface area contributed by atoms with Crippen molar-refractivity contribution < 1.29 is 4.79 Å². The molecule has 2 aromatic carbocycles. The quantitative estimate of drug-likeness (QED) is 0.792. The van der Waals surface area contributed by atoms with E-state index in [0.717, 1.165) is 16.5 Å². The number of pyridine rings is 1. The lowest BCUT2D eigenvalue weighted by Gasteiger charge is -2.15. The van der Waals surface area contributed by atoms with Gasteiger partial charge in [0, 0.05) is 11.6 Å². The Bertz CT molecular complexity index is 763. The Morgan fingerprint density at radius 2 is 1.76 bits per heavy atom. The second kappa shape index (κ2) is 5.75. The van der Waals surface area contributed by atoms with Crippen LogP contribution in [-0.2, 0) is 0 Å². The molecule has 0 unspecified atom stereocenters. The van der Waals surface area contributed by atoms with E-state index in [1.54, 1.807) is 6.20 Å². The first-order valence-corrected chi connectivity index (χ1v) is 6.95. The number of para-hydroxylation sites is 1. The van der Waals surface area contributed by atoms with Gasteiger partial charge in [0.1, 0.15) is 0 Å². The normalized spacial score (nSPS) is 12.0. The summed E-state index contributed by atoms with van der Waals surface area (Å²) in [5.41, 5.74) is 2.42. The van der Waals surface area contributed by atoms with Crippen molar-refractivity contribution >= 4 is 16.8 Å². The Morgan fingerprint density at radius 1 is 1.00 bits per heavy atom. The molecule has 0 radical (unpaired) electrons. The largest absolute Gasteiger partial charge is 0.345 e. The molecule has 0 aliphatic rings. The number of hydrogen-bond donors (Lipinski definition) is 1. The predicted octanol–water partition coefficient (Wildman–Crippen LogP) is 3.73. The number of aromatic nitrogens is 1. The molecule has 0 aliphatic heterocycles. The van der Waals surface area contributed by atoms with E-state index in [1.165, 1.54) is 0 Å². The number of carbonyl (C=O) groups is 1. The molecule has 1 atom stereocenters. The maximum Gasteiger partial charge on any atom is 0.253 e. The van der Waals surface area contributed by atoms with Crippen LogP contribution >= 0.6 is 0 Å². The van der Waals surface area contributed by atoms with Crippen LogP contribution in [0.15, 0.2) is 66.9 Å². The van der Waals surface area contributed by atoms with E-state index < -0.39 is 0 Å². The summed E-state index contributed by atoms with van der Waals surface area (Å²) < 4.78 is 0. The fourth-order valence-corrected chi connectivity index (χ4v) is 2.39. The van der Waals surface area contributed by atoms with Gasteiger partial charge in [-0.2, -0.15) is 0 Å². The van der Waals surface area contributed by atoms with E-state index in [1.807, 2.05) is 67.6 Å². The fraction of sp³-hybridized carbons (Fsp3) is 0.111. The molecule has 3 aromatic rings. The number of nitrogens with one attached hydrogen (secondary N) is 1. The van der Waals surface area contributed by atoms with Gasteiger partial charge in [0.15, 0.2) is 0 Å². The maximum absolute atomic E-state index is 12.5. The van der Waals surface area contributed by atoms with Crippen molar-refractivity contribution in [2.45, 2.75) is 13.0 Å². The van der Waals surface area contributed by atoms with Crippen molar-refractivity contribution in [3.05, 3.63) is 78.0 Å². The van der Waals surface area contributed by atoms with E-state index in [0.29, 0.717) is 5.56 Å². The van der Waals surface area contributed by atoms with Gasteiger partial charge in [-0.25, -0.2) is 0 Å². The zero-order valence-electron chi connectivity index (χ0n) is 11.8. The third-order valence-electron chi connectivity index (χ3n) is 3.52. The number of carbonyl (C=O) groups excluding carboxylic acids is 1. The summed E-state index contributed by atoms with van der Waals surface area (Å²) in [6.07, 6.45) is 1.71. The fourth-order valence-electron chi connectivity index (χ4n) is 2.39. The smallest absolute Gasteiger partial charge is 0.253 e. The Hall–Kier alpha value is -2.68. The van der Waals surface area contributed by atoms with Crippen molar-refractivity contribution in [1.82, 2.24) is 10.3 Å². The minimum atomic E-state index is -0.101. The molecule has 0 saturated heterocycles. The van der Waals surface area contributed by atoms with E-state index >= 15 is 0 Å².